The van der Waals surface area contributed by atoms with Crippen LogP contribution in [-0.2, 0) is 0 Å². The van der Waals surface area contributed by atoms with Gasteiger partial charge in [-0.3, -0.25) is 11.3 Å². The third-order valence-corrected chi connectivity index (χ3v) is 1.46. The lowest BCUT2D eigenvalue weighted by Crippen LogP contribution is -2.32. The predicted molar refractivity (Wildman–Crippen MR) is 40.9 cm³/mol. The molecule has 0 aromatic carbocycles. The summed E-state index contributed by atoms with van der Waals surface area (Å²) in [5, 5.41) is 0. The molecule has 0 fully saturated rings. The summed E-state index contributed by atoms with van der Waals surface area (Å²) in [5.41, 5.74) is 2.72. The molecule has 0 spiro atoms. The molecule has 56 valence electrons. The minimum Gasteiger partial charge on any atom is -0.271 e. The van der Waals surface area contributed by atoms with Gasteiger partial charge in [0, 0.05) is 6.04 Å². The molecule has 0 amide bonds. The van der Waals surface area contributed by atoms with Gasteiger partial charge in [0.1, 0.15) is 0 Å². The standard InChI is InChI=1S/C7H18N2/c1-6(2)4-5-7(3)9-8/h6-7,9H,4-5,8H2,1-3H3/t7-/m1/s1. The number of rotatable bonds is 4. The molecule has 9 heavy (non-hydrogen) atoms. The van der Waals surface area contributed by atoms with Crippen LogP contribution in [0.3, 0.4) is 0 Å². The van der Waals surface area contributed by atoms with Crippen LogP contribution < -0.4 is 11.3 Å². The highest BCUT2D eigenvalue weighted by Crippen LogP contribution is 2.05. The van der Waals surface area contributed by atoms with Gasteiger partial charge in [0.25, 0.3) is 0 Å². The van der Waals surface area contributed by atoms with Crippen LogP contribution in [0.15, 0.2) is 0 Å². The summed E-state index contributed by atoms with van der Waals surface area (Å²) in [6, 6.07) is 0.465. The van der Waals surface area contributed by atoms with E-state index in [-0.39, 0.29) is 0 Å². The van der Waals surface area contributed by atoms with Crippen molar-refractivity contribution in [3.8, 4) is 0 Å². The van der Waals surface area contributed by atoms with E-state index in [0.717, 1.165) is 5.92 Å². The molecule has 0 heterocycles. The number of hydrogen-bond acceptors (Lipinski definition) is 2. The molecular weight excluding hydrogens is 112 g/mol. The molecular formula is C7H18N2. The van der Waals surface area contributed by atoms with Gasteiger partial charge in [-0.15, -0.1) is 0 Å². The summed E-state index contributed by atoms with van der Waals surface area (Å²) in [6.45, 7) is 6.55. The first-order chi connectivity index (χ1) is 4.16. The maximum atomic E-state index is 5.21. The Morgan fingerprint density at radius 3 is 2.11 bits per heavy atom. The molecule has 2 nitrogen and oxygen atoms in total. The largest absolute Gasteiger partial charge is 0.271 e. The molecule has 3 N–H and O–H groups in total. The van der Waals surface area contributed by atoms with Gasteiger partial charge in [0.2, 0.25) is 0 Å². The van der Waals surface area contributed by atoms with Crippen molar-refractivity contribution in [1.29, 1.82) is 0 Å². The number of nitrogens with one attached hydrogen (secondary N) is 1. The Hall–Kier alpha value is -0.0800. The van der Waals surface area contributed by atoms with Gasteiger partial charge in [0.15, 0.2) is 0 Å². The normalized spacial score (nSPS) is 14.3. The summed E-state index contributed by atoms with van der Waals surface area (Å²) in [6.07, 6.45) is 2.43. The number of hydrazine groups is 1. The molecule has 0 saturated carbocycles. The third kappa shape index (κ3) is 5.80. The molecule has 0 bridgehead atoms. The van der Waals surface area contributed by atoms with E-state index < -0.39 is 0 Å². The monoisotopic (exact) mass is 130 g/mol. The molecule has 1 atom stereocenters. The highest BCUT2D eigenvalue weighted by atomic mass is 15.2. The quantitative estimate of drug-likeness (QED) is 0.444. The van der Waals surface area contributed by atoms with Crippen molar-refractivity contribution in [2.75, 3.05) is 0 Å². The Morgan fingerprint density at radius 2 is 1.78 bits per heavy atom. The topological polar surface area (TPSA) is 38.0 Å². The second-order valence-electron chi connectivity index (χ2n) is 3.04. The molecule has 0 aliphatic carbocycles. The van der Waals surface area contributed by atoms with Crippen LogP contribution in [0.4, 0.5) is 0 Å². The Morgan fingerprint density at radius 1 is 1.22 bits per heavy atom. The Kier molecular flexibility index (Phi) is 4.72. The lowest BCUT2D eigenvalue weighted by molar-refractivity contribution is 0.459. The highest BCUT2D eigenvalue weighted by Gasteiger charge is 1.99. The van der Waals surface area contributed by atoms with Crippen molar-refractivity contribution in [3.05, 3.63) is 0 Å². The average molecular weight is 130 g/mol. The molecule has 0 saturated heterocycles. The third-order valence-electron chi connectivity index (χ3n) is 1.46. The van der Waals surface area contributed by atoms with E-state index in [4.69, 9.17) is 5.84 Å². The van der Waals surface area contributed by atoms with Gasteiger partial charge in [-0.2, -0.15) is 0 Å². The van der Waals surface area contributed by atoms with Gasteiger partial charge in [-0.1, -0.05) is 13.8 Å². The highest BCUT2D eigenvalue weighted by molar-refractivity contribution is 4.56. The van der Waals surface area contributed by atoms with Crippen molar-refractivity contribution in [2.45, 2.75) is 39.7 Å². The van der Waals surface area contributed by atoms with Crippen molar-refractivity contribution in [2.24, 2.45) is 11.8 Å². The van der Waals surface area contributed by atoms with E-state index in [2.05, 4.69) is 26.2 Å². The molecule has 0 aliphatic heterocycles. The smallest absolute Gasteiger partial charge is 0.0182 e. The fourth-order valence-corrected chi connectivity index (χ4v) is 0.667. The van der Waals surface area contributed by atoms with Crippen LogP contribution in [0.2, 0.25) is 0 Å². The van der Waals surface area contributed by atoms with Crippen molar-refractivity contribution in [3.63, 3.8) is 0 Å². The van der Waals surface area contributed by atoms with E-state index in [9.17, 15) is 0 Å². The summed E-state index contributed by atoms with van der Waals surface area (Å²) in [4.78, 5) is 0. The minimum absolute atomic E-state index is 0.465. The Labute approximate surface area is 57.8 Å². The predicted octanol–water partition coefficient (Wildman–Crippen LogP) is 1.27. The average Bonchev–Trinajstić information content (AvgIpc) is 1.83. The van der Waals surface area contributed by atoms with Crippen molar-refractivity contribution in [1.82, 2.24) is 5.43 Å². The maximum absolute atomic E-state index is 5.21. The molecule has 0 aliphatic rings. The fraction of sp³-hybridized carbons (Fsp3) is 1.00. The van der Waals surface area contributed by atoms with Gasteiger partial charge >= 0.3 is 0 Å². The van der Waals surface area contributed by atoms with Crippen LogP contribution >= 0.6 is 0 Å². The second-order valence-corrected chi connectivity index (χ2v) is 3.04. The Bertz CT molecular complexity index is 61.9. The second kappa shape index (κ2) is 4.77. The lowest BCUT2D eigenvalue weighted by atomic mass is 10.1. The van der Waals surface area contributed by atoms with E-state index in [1.54, 1.807) is 0 Å². The number of hydrogen-bond donors (Lipinski definition) is 2. The first-order valence-electron chi connectivity index (χ1n) is 3.63. The Balaban J connectivity index is 3.06. The minimum atomic E-state index is 0.465. The van der Waals surface area contributed by atoms with Gasteiger partial charge in [0.05, 0.1) is 0 Å². The van der Waals surface area contributed by atoms with Gasteiger partial charge < -0.3 is 0 Å². The zero-order chi connectivity index (χ0) is 7.28. The first kappa shape index (κ1) is 8.92. The van der Waals surface area contributed by atoms with Crippen LogP contribution in [0.5, 0.6) is 0 Å². The summed E-state index contributed by atoms with van der Waals surface area (Å²) < 4.78 is 0. The van der Waals surface area contributed by atoms with Gasteiger partial charge in [-0.25, -0.2) is 0 Å². The fourth-order valence-electron chi connectivity index (χ4n) is 0.667. The van der Waals surface area contributed by atoms with E-state index in [0.29, 0.717) is 6.04 Å². The van der Waals surface area contributed by atoms with E-state index >= 15 is 0 Å². The summed E-state index contributed by atoms with van der Waals surface area (Å²) in [7, 11) is 0. The SMILES string of the molecule is CC(C)CC[C@@H](C)NN. The van der Waals surface area contributed by atoms with Crippen LogP contribution in [0, 0.1) is 5.92 Å². The molecule has 0 unspecified atom stereocenters. The van der Waals surface area contributed by atoms with Crippen LogP contribution in [0.25, 0.3) is 0 Å². The molecule has 0 aromatic heterocycles. The first-order valence-corrected chi connectivity index (χ1v) is 3.63. The maximum Gasteiger partial charge on any atom is 0.0182 e. The molecule has 0 radical (unpaired) electrons. The zero-order valence-electron chi connectivity index (χ0n) is 6.65. The van der Waals surface area contributed by atoms with Crippen molar-refractivity contribution >= 4 is 0 Å². The summed E-state index contributed by atoms with van der Waals surface area (Å²) in [5.74, 6) is 6.00. The van der Waals surface area contributed by atoms with Crippen molar-refractivity contribution < 1.29 is 0 Å². The molecule has 0 rings (SSSR count). The van der Waals surface area contributed by atoms with E-state index in [1.165, 1.54) is 12.8 Å². The van der Waals surface area contributed by atoms with Gasteiger partial charge in [-0.05, 0) is 25.7 Å². The number of nitrogens with two attached hydrogens (primary N) is 1. The molecule has 2 heteroatoms. The lowest BCUT2D eigenvalue weighted by Gasteiger charge is -2.10. The van der Waals surface area contributed by atoms with Crippen LogP contribution in [-0.4, -0.2) is 6.04 Å². The van der Waals surface area contributed by atoms with E-state index in [1.807, 2.05) is 0 Å². The molecule has 0 aromatic rings. The zero-order valence-corrected chi connectivity index (χ0v) is 6.65. The summed E-state index contributed by atoms with van der Waals surface area (Å²) >= 11 is 0. The van der Waals surface area contributed by atoms with Crippen LogP contribution in [0.1, 0.15) is 33.6 Å².